The molecule has 0 fully saturated rings. The molecular weight excluding hydrogens is 322 g/mol. The van der Waals surface area contributed by atoms with Crippen molar-refractivity contribution in [2.45, 2.75) is 12.8 Å². The number of esters is 1. The highest BCUT2D eigenvalue weighted by atomic mass is 35.5. The molecule has 1 amide bonds. The first kappa shape index (κ1) is 16.5. The van der Waals surface area contributed by atoms with Crippen LogP contribution in [0, 0.1) is 0 Å². The molecule has 22 heavy (non-hydrogen) atoms. The van der Waals surface area contributed by atoms with Crippen LogP contribution in [-0.2, 0) is 16.0 Å². The topological polar surface area (TPSA) is 55.4 Å². The van der Waals surface area contributed by atoms with Crippen LogP contribution in [0.25, 0.3) is 0 Å². The maximum atomic E-state index is 11.7. The molecule has 1 N–H and O–H groups in total. The molecule has 0 saturated heterocycles. The van der Waals surface area contributed by atoms with Crippen LogP contribution in [0.5, 0.6) is 0 Å². The summed E-state index contributed by atoms with van der Waals surface area (Å²) < 4.78 is 5.13. The number of carbonyl (C=O) groups excluding carboxylic acids is 2. The number of hydrogen-bond acceptors (Lipinski definition) is 4. The molecule has 0 aliphatic heterocycles. The minimum Gasteiger partial charge on any atom is -0.465 e. The van der Waals surface area contributed by atoms with Gasteiger partial charge < -0.3 is 10.1 Å². The summed E-state index contributed by atoms with van der Waals surface area (Å²) in [5.41, 5.74) is 0.861. The zero-order valence-electron chi connectivity index (χ0n) is 11.9. The standard InChI is InChI=1S/C16H16ClNO3S/c17-13-6-4-12(5-7-13)11-15(19)21-9-2-8-18-16(20)14-3-1-10-22-14/h1,3-7,10H,2,8-9,11H2,(H,18,20). The van der Waals surface area contributed by atoms with E-state index in [2.05, 4.69) is 5.32 Å². The molecule has 116 valence electrons. The summed E-state index contributed by atoms with van der Waals surface area (Å²) in [5.74, 6) is -0.380. The van der Waals surface area contributed by atoms with E-state index in [1.165, 1.54) is 11.3 Å². The molecule has 1 aromatic carbocycles. The second kappa shape index (κ2) is 8.56. The van der Waals surface area contributed by atoms with Gasteiger partial charge in [0.05, 0.1) is 17.9 Å². The van der Waals surface area contributed by atoms with Gasteiger partial charge in [-0.2, -0.15) is 0 Å². The number of rotatable bonds is 7. The van der Waals surface area contributed by atoms with Crippen molar-refractivity contribution in [1.82, 2.24) is 5.32 Å². The van der Waals surface area contributed by atoms with Crippen molar-refractivity contribution >= 4 is 34.8 Å². The van der Waals surface area contributed by atoms with E-state index in [1.807, 2.05) is 11.4 Å². The molecule has 0 aliphatic rings. The van der Waals surface area contributed by atoms with Crippen molar-refractivity contribution in [2.24, 2.45) is 0 Å². The van der Waals surface area contributed by atoms with Gasteiger partial charge in [0.15, 0.2) is 0 Å². The number of halogens is 1. The Bertz CT molecular complexity index is 611. The summed E-state index contributed by atoms with van der Waals surface area (Å²) in [4.78, 5) is 24.0. The first-order valence-corrected chi connectivity index (χ1v) is 8.12. The molecule has 4 nitrogen and oxygen atoms in total. The molecule has 2 aromatic rings. The molecular formula is C16H16ClNO3S. The molecule has 0 aliphatic carbocycles. The zero-order chi connectivity index (χ0) is 15.8. The van der Waals surface area contributed by atoms with Gasteiger partial charge in [0, 0.05) is 11.6 Å². The number of hydrogen-bond donors (Lipinski definition) is 1. The molecule has 0 unspecified atom stereocenters. The Balaban J connectivity index is 1.59. The fourth-order valence-corrected chi connectivity index (χ4v) is 2.54. The van der Waals surface area contributed by atoms with Crippen LogP contribution in [0.4, 0.5) is 0 Å². The number of benzene rings is 1. The minimum atomic E-state index is -0.285. The first-order valence-electron chi connectivity index (χ1n) is 6.87. The van der Waals surface area contributed by atoms with Crippen molar-refractivity contribution in [3.8, 4) is 0 Å². The van der Waals surface area contributed by atoms with E-state index in [0.29, 0.717) is 22.9 Å². The third-order valence-corrected chi connectivity index (χ3v) is 4.00. The van der Waals surface area contributed by atoms with Crippen LogP contribution in [0.1, 0.15) is 21.7 Å². The number of ether oxygens (including phenoxy) is 1. The molecule has 1 heterocycles. The quantitative estimate of drug-likeness (QED) is 0.623. The first-order chi connectivity index (χ1) is 10.6. The Kier molecular flexibility index (Phi) is 6.43. The molecule has 2 rings (SSSR count). The highest BCUT2D eigenvalue weighted by Crippen LogP contribution is 2.10. The largest absolute Gasteiger partial charge is 0.465 e. The fraction of sp³-hybridized carbons (Fsp3) is 0.250. The second-order valence-corrected chi connectivity index (χ2v) is 5.99. The van der Waals surface area contributed by atoms with Gasteiger partial charge in [0.25, 0.3) is 5.91 Å². The molecule has 6 heteroatoms. The third-order valence-electron chi connectivity index (χ3n) is 2.88. The number of thiophene rings is 1. The van der Waals surface area contributed by atoms with Crippen molar-refractivity contribution in [2.75, 3.05) is 13.2 Å². The Morgan fingerprint density at radius 2 is 1.95 bits per heavy atom. The van der Waals surface area contributed by atoms with Gasteiger partial charge in [0.2, 0.25) is 0 Å². The number of nitrogens with one attached hydrogen (secondary N) is 1. The monoisotopic (exact) mass is 337 g/mol. The molecule has 1 aromatic heterocycles. The Labute approximate surface area is 138 Å². The second-order valence-electron chi connectivity index (χ2n) is 4.61. The summed E-state index contributed by atoms with van der Waals surface area (Å²) in [6, 6.07) is 10.7. The molecule has 0 bridgehead atoms. The van der Waals surface area contributed by atoms with Crippen LogP contribution in [0.3, 0.4) is 0 Å². The lowest BCUT2D eigenvalue weighted by Gasteiger charge is -2.06. The van der Waals surface area contributed by atoms with Crippen molar-refractivity contribution < 1.29 is 14.3 Å². The maximum absolute atomic E-state index is 11.7. The average Bonchev–Trinajstić information content (AvgIpc) is 3.03. The number of carbonyl (C=O) groups is 2. The lowest BCUT2D eigenvalue weighted by Crippen LogP contribution is -2.24. The van der Waals surface area contributed by atoms with E-state index in [1.54, 1.807) is 30.3 Å². The summed E-state index contributed by atoms with van der Waals surface area (Å²) in [5, 5.41) is 5.27. The Morgan fingerprint density at radius 3 is 2.64 bits per heavy atom. The van der Waals surface area contributed by atoms with Crippen LogP contribution in [0.15, 0.2) is 41.8 Å². The molecule has 0 spiro atoms. The van der Waals surface area contributed by atoms with Gasteiger partial charge in [-0.15, -0.1) is 11.3 Å². The van der Waals surface area contributed by atoms with Crippen molar-refractivity contribution in [1.29, 1.82) is 0 Å². The average molecular weight is 338 g/mol. The van der Waals surface area contributed by atoms with Crippen molar-refractivity contribution in [3.05, 3.63) is 57.2 Å². The lowest BCUT2D eigenvalue weighted by molar-refractivity contribution is -0.142. The maximum Gasteiger partial charge on any atom is 0.310 e. The SMILES string of the molecule is O=C(Cc1ccc(Cl)cc1)OCCCNC(=O)c1cccs1. The molecule has 0 saturated carbocycles. The summed E-state index contributed by atoms with van der Waals surface area (Å²) in [7, 11) is 0. The summed E-state index contributed by atoms with van der Waals surface area (Å²) in [6.45, 7) is 0.766. The van der Waals surface area contributed by atoms with E-state index < -0.39 is 0 Å². The van der Waals surface area contributed by atoms with E-state index in [9.17, 15) is 9.59 Å². The Morgan fingerprint density at radius 1 is 1.18 bits per heavy atom. The van der Waals surface area contributed by atoms with E-state index >= 15 is 0 Å². The van der Waals surface area contributed by atoms with Gasteiger partial charge >= 0.3 is 5.97 Å². The van der Waals surface area contributed by atoms with Gasteiger partial charge in [-0.05, 0) is 35.6 Å². The van der Waals surface area contributed by atoms with E-state index in [-0.39, 0.29) is 24.9 Å². The normalized spacial score (nSPS) is 10.2. The third kappa shape index (κ3) is 5.50. The van der Waals surface area contributed by atoms with Gasteiger partial charge in [-0.3, -0.25) is 9.59 Å². The summed E-state index contributed by atoms with van der Waals surface area (Å²) in [6.07, 6.45) is 0.808. The fourth-order valence-electron chi connectivity index (χ4n) is 1.77. The minimum absolute atomic E-state index is 0.0949. The van der Waals surface area contributed by atoms with E-state index in [4.69, 9.17) is 16.3 Å². The molecule has 0 atom stereocenters. The van der Waals surface area contributed by atoms with Crippen molar-refractivity contribution in [3.63, 3.8) is 0 Å². The van der Waals surface area contributed by atoms with Gasteiger partial charge in [-0.25, -0.2) is 0 Å². The summed E-state index contributed by atoms with van der Waals surface area (Å²) >= 11 is 7.17. The molecule has 0 radical (unpaired) electrons. The van der Waals surface area contributed by atoms with Crippen LogP contribution < -0.4 is 5.32 Å². The predicted molar refractivity (Wildman–Crippen MR) is 87.4 cm³/mol. The smallest absolute Gasteiger partial charge is 0.310 e. The van der Waals surface area contributed by atoms with E-state index in [0.717, 1.165) is 5.56 Å². The highest BCUT2D eigenvalue weighted by molar-refractivity contribution is 7.12. The highest BCUT2D eigenvalue weighted by Gasteiger charge is 2.06. The zero-order valence-corrected chi connectivity index (χ0v) is 13.5. The lowest BCUT2D eigenvalue weighted by atomic mass is 10.1. The van der Waals surface area contributed by atoms with Crippen LogP contribution in [0.2, 0.25) is 5.02 Å². The van der Waals surface area contributed by atoms with Gasteiger partial charge in [0.1, 0.15) is 0 Å². The van der Waals surface area contributed by atoms with Crippen LogP contribution >= 0.6 is 22.9 Å². The Hall–Kier alpha value is -1.85. The van der Waals surface area contributed by atoms with Gasteiger partial charge in [-0.1, -0.05) is 29.8 Å². The predicted octanol–water partition coefficient (Wildman–Crippen LogP) is 3.31. The van der Waals surface area contributed by atoms with Crippen LogP contribution in [-0.4, -0.2) is 25.0 Å². The number of amides is 1.